The predicted octanol–water partition coefficient (Wildman–Crippen LogP) is 3.01. The second-order valence-electron chi connectivity index (χ2n) is 5.34. The molecule has 6 heteroatoms. The van der Waals surface area contributed by atoms with Crippen molar-refractivity contribution in [1.82, 2.24) is 0 Å². The van der Waals surface area contributed by atoms with Gasteiger partial charge in [0.1, 0.15) is 0 Å². The van der Waals surface area contributed by atoms with E-state index in [2.05, 4.69) is 10.2 Å². The molecule has 0 aromatic heterocycles. The van der Waals surface area contributed by atoms with Gasteiger partial charge in [-0.3, -0.25) is 4.79 Å². The number of ether oxygens (including phenoxy) is 1. The molecule has 0 aliphatic carbocycles. The fourth-order valence-electron chi connectivity index (χ4n) is 2.56. The highest BCUT2D eigenvalue weighted by molar-refractivity contribution is 6.31. The number of nitrogens with two attached hydrogens (primary N) is 1. The highest BCUT2D eigenvalue weighted by Crippen LogP contribution is 2.27. The molecule has 0 spiro atoms. The van der Waals surface area contributed by atoms with Crippen molar-refractivity contribution in [2.45, 2.75) is 0 Å². The van der Waals surface area contributed by atoms with Crippen LogP contribution in [0, 0.1) is 0 Å². The van der Waals surface area contributed by atoms with E-state index in [0.717, 1.165) is 18.8 Å². The maximum Gasteiger partial charge on any atom is 0.255 e. The Morgan fingerprint density at radius 3 is 2.65 bits per heavy atom. The zero-order valence-electron chi connectivity index (χ0n) is 12.6. The van der Waals surface area contributed by atoms with Crippen LogP contribution in [0.15, 0.2) is 42.5 Å². The lowest BCUT2D eigenvalue weighted by molar-refractivity contribution is 0.102. The number of hydrogen-bond acceptors (Lipinski definition) is 4. The summed E-state index contributed by atoms with van der Waals surface area (Å²) in [6, 6.07) is 12.4. The molecule has 1 amide bonds. The van der Waals surface area contributed by atoms with Crippen LogP contribution in [0.25, 0.3) is 0 Å². The maximum absolute atomic E-state index is 12.2. The SMILES string of the molecule is Nc1cc(NC(=O)c2cccc(Cl)c2)ccc1N1CCOCC1. The molecule has 0 radical (unpaired) electrons. The number of rotatable bonds is 3. The van der Waals surface area contributed by atoms with Crippen molar-refractivity contribution < 1.29 is 9.53 Å². The van der Waals surface area contributed by atoms with Gasteiger partial charge in [0.2, 0.25) is 0 Å². The molecular formula is C17H18ClN3O2. The Kier molecular flexibility index (Phi) is 4.69. The van der Waals surface area contributed by atoms with Gasteiger partial charge in [-0.05, 0) is 36.4 Å². The Morgan fingerprint density at radius 1 is 1.17 bits per heavy atom. The molecule has 1 saturated heterocycles. The van der Waals surface area contributed by atoms with E-state index in [0.29, 0.717) is 35.2 Å². The molecular weight excluding hydrogens is 314 g/mol. The number of hydrogen-bond donors (Lipinski definition) is 2. The molecule has 2 aromatic carbocycles. The molecule has 1 aliphatic heterocycles. The van der Waals surface area contributed by atoms with Gasteiger partial charge in [-0.15, -0.1) is 0 Å². The van der Waals surface area contributed by atoms with Gasteiger partial charge in [-0.2, -0.15) is 0 Å². The number of nitrogens with zero attached hydrogens (tertiary/aromatic N) is 1. The minimum absolute atomic E-state index is 0.217. The van der Waals surface area contributed by atoms with Gasteiger partial charge in [0.05, 0.1) is 24.6 Å². The summed E-state index contributed by atoms with van der Waals surface area (Å²) >= 11 is 5.91. The van der Waals surface area contributed by atoms with Crippen molar-refractivity contribution in [1.29, 1.82) is 0 Å². The Bertz CT molecular complexity index is 715. The summed E-state index contributed by atoms with van der Waals surface area (Å²) in [4.78, 5) is 14.4. The molecule has 1 heterocycles. The minimum Gasteiger partial charge on any atom is -0.397 e. The van der Waals surface area contributed by atoms with Crippen LogP contribution in [0.5, 0.6) is 0 Å². The lowest BCUT2D eigenvalue weighted by atomic mass is 10.2. The Labute approximate surface area is 140 Å². The van der Waals surface area contributed by atoms with Gasteiger partial charge in [-0.1, -0.05) is 17.7 Å². The number of carbonyl (C=O) groups is 1. The van der Waals surface area contributed by atoms with E-state index in [-0.39, 0.29) is 5.91 Å². The van der Waals surface area contributed by atoms with E-state index in [1.165, 1.54) is 0 Å². The third kappa shape index (κ3) is 3.75. The van der Waals surface area contributed by atoms with Crippen LogP contribution in [0.4, 0.5) is 17.1 Å². The summed E-state index contributed by atoms with van der Waals surface area (Å²) in [5.41, 5.74) is 8.90. The normalized spacial score (nSPS) is 14.6. The Hall–Kier alpha value is -2.24. The van der Waals surface area contributed by atoms with Crippen LogP contribution in [0.2, 0.25) is 5.02 Å². The first kappa shape index (κ1) is 15.6. The first-order valence-electron chi connectivity index (χ1n) is 7.42. The van der Waals surface area contributed by atoms with E-state index in [1.54, 1.807) is 30.3 Å². The number of halogens is 1. The lowest BCUT2D eigenvalue weighted by Gasteiger charge is -2.30. The summed E-state index contributed by atoms with van der Waals surface area (Å²) < 4.78 is 5.35. The maximum atomic E-state index is 12.2. The van der Waals surface area contributed by atoms with E-state index in [1.807, 2.05) is 12.1 Å². The Morgan fingerprint density at radius 2 is 1.96 bits per heavy atom. The molecule has 0 bridgehead atoms. The summed E-state index contributed by atoms with van der Waals surface area (Å²) in [5, 5.41) is 3.36. The predicted molar refractivity (Wildman–Crippen MR) is 93.3 cm³/mol. The molecule has 23 heavy (non-hydrogen) atoms. The molecule has 0 saturated carbocycles. The average molecular weight is 332 g/mol. The van der Waals surface area contributed by atoms with Gasteiger partial charge in [0.25, 0.3) is 5.91 Å². The lowest BCUT2D eigenvalue weighted by Crippen LogP contribution is -2.36. The van der Waals surface area contributed by atoms with E-state index >= 15 is 0 Å². The van der Waals surface area contributed by atoms with Gasteiger partial charge >= 0.3 is 0 Å². The standard InChI is InChI=1S/C17H18ClN3O2/c18-13-3-1-2-12(10-13)17(22)20-14-4-5-16(15(19)11-14)21-6-8-23-9-7-21/h1-5,10-11H,6-9,19H2,(H,20,22). The minimum atomic E-state index is -0.217. The first-order valence-corrected chi connectivity index (χ1v) is 7.80. The van der Waals surface area contributed by atoms with Crippen molar-refractivity contribution in [3.63, 3.8) is 0 Å². The molecule has 120 valence electrons. The molecule has 0 atom stereocenters. The van der Waals surface area contributed by atoms with Gasteiger partial charge < -0.3 is 20.7 Å². The molecule has 0 unspecified atom stereocenters. The second kappa shape index (κ2) is 6.89. The second-order valence-corrected chi connectivity index (χ2v) is 5.77. The number of amides is 1. The Balaban J connectivity index is 1.73. The smallest absolute Gasteiger partial charge is 0.255 e. The monoisotopic (exact) mass is 331 g/mol. The van der Waals surface area contributed by atoms with Crippen LogP contribution in [-0.4, -0.2) is 32.2 Å². The molecule has 3 N–H and O–H groups in total. The van der Waals surface area contributed by atoms with Crippen molar-refractivity contribution in [2.24, 2.45) is 0 Å². The zero-order valence-corrected chi connectivity index (χ0v) is 13.3. The number of nitrogens with one attached hydrogen (secondary N) is 1. The number of benzene rings is 2. The summed E-state index contributed by atoms with van der Waals surface area (Å²) in [6.45, 7) is 3.04. The van der Waals surface area contributed by atoms with Crippen LogP contribution in [-0.2, 0) is 4.74 Å². The third-order valence-corrected chi connectivity index (χ3v) is 3.96. The van der Waals surface area contributed by atoms with Gasteiger partial charge in [0, 0.05) is 29.4 Å². The zero-order chi connectivity index (χ0) is 16.2. The van der Waals surface area contributed by atoms with Crippen LogP contribution >= 0.6 is 11.6 Å². The van der Waals surface area contributed by atoms with Crippen molar-refractivity contribution in [2.75, 3.05) is 42.3 Å². The van der Waals surface area contributed by atoms with Crippen molar-refractivity contribution >= 4 is 34.6 Å². The fourth-order valence-corrected chi connectivity index (χ4v) is 2.75. The van der Waals surface area contributed by atoms with Gasteiger partial charge in [0.15, 0.2) is 0 Å². The van der Waals surface area contributed by atoms with Crippen LogP contribution in [0.3, 0.4) is 0 Å². The van der Waals surface area contributed by atoms with E-state index in [4.69, 9.17) is 22.1 Å². The first-order chi connectivity index (χ1) is 11.1. The molecule has 3 rings (SSSR count). The van der Waals surface area contributed by atoms with E-state index in [9.17, 15) is 4.79 Å². The highest BCUT2D eigenvalue weighted by atomic mass is 35.5. The molecule has 1 aliphatic rings. The quantitative estimate of drug-likeness (QED) is 0.848. The number of anilines is 3. The topological polar surface area (TPSA) is 67.6 Å². The highest BCUT2D eigenvalue weighted by Gasteiger charge is 2.14. The van der Waals surface area contributed by atoms with Crippen molar-refractivity contribution in [3.05, 3.63) is 53.1 Å². The average Bonchev–Trinajstić information content (AvgIpc) is 2.56. The van der Waals surface area contributed by atoms with Crippen LogP contribution < -0.4 is 16.0 Å². The largest absolute Gasteiger partial charge is 0.397 e. The van der Waals surface area contributed by atoms with E-state index < -0.39 is 0 Å². The third-order valence-electron chi connectivity index (χ3n) is 3.72. The fraction of sp³-hybridized carbons (Fsp3) is 0.235. The number of nitrogen functional groups attached to an aromatic ring is 1. The van der Waals surface area contributed by atoms with Crippen molar-refractivity contribution in [3.8, 4) is 0 Å². The van der Waals surface area contributed by atoms with Crippen LogP contribution in [0.1, 0.15) is 10.4 Å². The number of morpholine rings is 1. The summed E-state index contributed by atoms with van der Waals surface area (Å²) in [6.07, 6.45) is 0. The number of carbonyl (C=O) groups excluding carboxylic acids is 1. The molecule has 5 nitrogen and oxygen atoms in total. The summed E-state index contributed by atoms with van der Waals surface area (Å²) in [7, 11) is 0. The molecule has 1 fully saturated rings. The summed E-state index contributed by atoms with van der Waals surface area (Å²) in [5.74, 6) is -0.217. The molecule has 2 aromatic rings. The van der Waals surface area contributed by atoms with Gasteiger partial charge in [-0.25, -0.2) is 0 Å².